The summed E-state index contributed by atoms with van der Waals surface area (Å²) in [5, 5.41) is 9.13. The molecule has 0 atom stereocenters. The second kappa shape index (κ2) is 4.89. The first-order valence-corrected chi connectivity index (χ1v) is 7.09. The molecular weight excluding hydrogens is 269 g/mol. The van der Waals surface area contributed by atoms with E-state index in [1.165, 1.54) is 36.4 Å². The van der Waals surface area contributed by atoms with Gasteiger partial charge in [0.05, 0.1) is 16.3 Å². The van der Waals surface area contributed by atoms with E-state index in [2.05, 4.69) is 0 Å². The maximum absolute atomic E-state index is 13.3. The van der Waals surface area contributed by atoms with Crippen molar-refractivity contribution in [1.82, 2.24) is 0 Å². The Bertz CT molecular complexity index is 696. The zero-order valence-corrected chi connectivity index (χ0v) is 10.7. The van der Waals surface area contributed by atoms with E-state index in [4.69, 9.17) is 10.8 Å². The zero-order valence-electron chi connectivity index (χ0n) is 9.88. The summed E-state index contributed by atoms with van der Waals surface area (Å²) in [6.07, 6.45) is 0. The number of rotatable bonds is 3. The molecule has 0 bridgehead atoms. The number of sulfone groups is 1. The predicted molar refractivity (Wildman–Crippen MR) is 69.8 cm³/mol. The maximum atomic E-state index is 13.3. The average Bonchev–Trinajstić information content (AvgIpc) is 2.35. The third-order valence-corrected chi connectivity index (χ3v) is 4.31. The smallest absolute Gasteiger partial charge is 0.182 e. The number of aromatic hydroxyl groups is 1. The van der Waals surface area contributed by atoms with Crippen LogP contribution in [0.3, 0.4) is 0 Å². The largest absolute Gasteiger partial charge is 0.508 e. The van der Waals surface area contributed by atoms with E-state index in [1.807, 2.05) is 0 Å². The summed E-state index contributed by atoms with van der Waals surface area (Å²) in [6, 6.07) is 9.20. The molecule has 4 nitrogen and oxygen atoms in total. The van der Waals surface area contributed by atoms with E-state index in [0.29, 0.717) is 5.56 Å². The molecule has 0 saturated carbocycles. The number of phenols is 1. The Balaban J connectivity index is 2.32. The van der Waals surface area contributed by atoms with Crippen molar-refractivity contribution in [3.8, 4) is 5.75 Å². The number of phenolic OH excluding ortho intramolecular Hbond substituents is 1. The normalized spacial score (nSPS) is 11.4. The van der Waals surface area contributed by atoms with Gasteiger partial charge in [0.2, 0.25) is 0 Å². The highest BCUT2D eigenvalue weighted by Gasteiger charge is 2.16. The topological polar surface area (TPSA) is 80.4 Å². The molecule has 0 fully saturated rings. The van der Waals surface area contributed by atoms with Gasteiger partial charge in [-0.1, -0.05) is 12.1 Å². The lowest BCUT2D eigenvalue weighted by Gasteiger charge is -2.06. The van der Waals surface area contributed by atoms with Crippen LogP contribution in [0, 0.1) is 5.82 Å². The molecule has 19 heavy (non-hydrogen) atoms. The third kappa shape index (κ3) is 3.03. The quantitative estimate of drug-likeness (QED) is 0.844. The summed E-state index contributed by atoms with van der Waals surface area (Å²) in [5.41, 5.74) is 5.72. The van der Waals surface area contributed by atoms with Crippen LogP contribution in [0.15, 0.2) is 47.4 Å². The van der Waals surface area contributed by atoms with Crippen molar-refractivity contribution in [2.24, 2.45) is 0 Å². The summed E-state index contributed by atoms with van der Waals surface area (Å²) in [4.78, 5) is -0.118. The van der Waals surface area contributed by atoms with Gasteiger partial charge in [-0.25, -0.2) is 12.8 Å². The number of hydrogen-bond acceptors (Lipinski definition) is 4. The van der Waals surface area contributed by atoms with Crippen LogP contribution in [-0.2, 0) is 15.6 Å². The molecular formula is C13H12FNO3S. The molecule has 6 heteroatoms. The maximum Gasteiger partial charge on any atom is 0.182 e. The van der Waals surface area contributed by atoms with Crippen LogP contribution in [0.5, 0.6) is 5.75 Å². The van der Waals surface area contributed by atoms with Crippen molar-refractivity contribution in [3.05, 3.63) is 53.8 Å². The van der Waals surface area contributed by atoms with E-state index in [9.17, 15) is 12.8 Å². The summed E-state index contributed by atoms with van der Waals surface area (Å²) in [6.45, 7) is 0. The lowest BCUT2D eigenvalue weighted by molar-refractivity contribution is 0.475. The van der Waals surface area contributed by atoms with Crippen LogP contribution in [0.2, 0.25) is 0 Å². The zero-order chi connectivity index (χ0) is 14.0. The van der Waals surface area contributed by atoms with Crippen LogP contribution in [0.25, 0.3) is 0 Å². The highest BCUT2D eigenvalue weighted by atomic mass is 32.2. The third-order valence-electron chi connectivity index (χ3n) is 2.62. The van der Waals surface area contributed by atoms with Gasteiger partial charge >= 0.3 is 0 Å². The lowest BCUT2D eigenvalue weighted by Crippen LogP contribution is -2.06. The molecule has 0 aliphatic rings. The first kappa shape index (κ1) is 13.4. The Morgan fingerprint density at radius 2 is 1.74 bits per heavy atom. The molecule has 0 amide bonds. The minimum Gasteiger partial charge on any atom is -0.508 e. The van der Waals surface area contributed by atoms with Crippen LogP contribution in [0.4, 0.5) is 10.1 Å². The standard InChI is InChI=1S/C13H12FNO3S/c14-12-7-11(5-6-13(12)15)19(17,18)8-9-1-3-10(16)4-2-9/h1-7,16H,8,15H2. The minimum absolute atomic E-state index is 0.0553. The molecule has 2 aromatic rings. The monoisotopic (exact) mass is 281 g/mol. The number of halogens is 1. The molecule has 0 unspecified atom stereocenters. The molecule has 0 saturated heterocycles. The molecule has 2 aromatic carbocycles. The fraction of sp³-hybridized carbons (Fsp3) is 0.0769. The van der Waals surface area contributed by atoms with E-state index in [0.717, 1.165) is 6.07 Å². The first-order valence-electron chi connectivity index (χ1n) is 5.44. The number of benzene rings is 2. The first-order chi connectivity index (χ1) is 8.88. The van der Waals surface area contributed by atoms with E-state index in [-0.39, 0.29) is 22.1 Å². The Morgan fingerprint density at radius 3 is 2.32 bits per heavy atom. The van der Waals surface area contributed by atoms with Crippen molar-refractivity contribution in [2.75, 3.05) is 5.73 Å². The van der Waals surface area contributed by atoms with Gasteiger partial charge < -0.3 is 10.8 Å². The summed E-state index contributed by atoms with van der Waals surface area (Å²) in [5.74, 6) is -0.970. The van der Waals surface area contributed by atoms with Gasteiger partial charge in [0.25, 0.3) is 0 Å². The van der Waals surface area contributed by atoms with Crippen LogP contribution in [0.1, 0.15) is 5.56 Å². The molecule has 0 heterocycles. The van der Waals surface area contributed by atoms with Gasteiger partial charge in [0.1, 0.15) is 11.6 Å². The number of anilines is 1. The molecule has 0 aliphatic heterocycles. The van der Waals surface area contributed by atoms with E-state index >= 15 is 0 Å². The fourth-order valence-corrected chi connectivity index (χ4v) is 2.95. The van der Waals surface area contributed by atoms with Crippen molar-refractivity contribution >= 4 is 15.5 Å². The van der Waals surface area contributed by atoms with Crippen molar-refractivity contribution in [2.45, 2.75) is 10.6 Å². The highest BCUT2D eigenvalue weighted by Crippen LogP contribution is 2.21. The number of hydrogen-bond donors (Lipinski definition) is 2. The molecule has 0 radical (unpaired) electrons. The van der Waals surface area contributed by atoms with E-state index in [1.54, 1.807) is 0 Å². The number of nitrogen functional groups attached to an aromatic ring is 1. The molecule has 100 valence electrons. The Labute approximate surface area is 110 Å². The van der Waals surface area contributed by atoms with Gasteiger partial charge in [-0.05, 0) is 35.9 Å². The Morgan fingerprint density at radius 1 is 1.11 bits per heavy atom. The van der Waals surface area contributed by atoms with Crippen molar-refractivity contribution < 1.29 is 17.9 Å². The SMILES string of the molecule is Nc1ccc(S(=O)(=O)Cc2ccc(O)cc2)cc1F. The molecule has 2 rings (SSSR count). The molecule has 0 spiro atoms. The van der Waals surface area contributed by atoms with Crippen LogP contribution in [-0.4, -0.2) is 13.5 Å². The molecule has 3 N–H and O–H groups in total. The van der Waals surface area contributed by atoms with Gasteiger partial charge in [0.15, 0.2) is 9.84 Å². The lowest BCUT2D eigenvalue weighted by atomic mass is 10.2. The molecule has 0 aliphatic carbocycles. The minimum atomic E-state index is -3.64. The summed E-state index contributed by atoms with van der Waals surface area (Å²) in [7, 11) is -3.64. The average molecular weight is 281 g/mol. The Hall–Kier alpha value is -2.08. The predicted octanol–water partition coefficient (Wildman–Crippen LogP) is 2.09. The van der Waals surface area contributed by atoms with Crippen molar-refractivity contribution in [1.29, 1.82) is 0 Å². The Kier molecular flexibility index (Phi) is 3.44. The number of nitrogens with two attached hydrogens (primary N) is 1. The second-order valence-corrected chi connectivity index (χ2v) is 6.10. The van der Waals surface area contributed by atoms with Gasteiger partial charge in [-0.2, -0.15) is 0 Å². The van der Waals surface area contributed by atoms with Gasteiger partial charge in [-0.3, -0.25) is 0 Å². The molecule has 0 aromatic heterocycles. The summed E-state index contributed by atoms with van der Waals surface area (Å²) >= 11 is 0. The summed E-state index contributed by atoms with van der Waals surface area (Å²) < 4.78 is 37.4. The second-order valence-electron chi connectivity index (χ2n) is 4.11. The van der Waals surface area contributed by atoms with Crippen LogP contribution >= 0.6 is 0 Å². The van der Waals surface area contributed by atoms with Crippen LogP contribution < -0.4 is 5.73 Å². The van der Waals surface area contributed by atoms with E-state index < -0.39 is 15.7 Å². The highest BCUT2D eigenvalue weighted by molar-refractivity contribution is 7.90. The fourth-order valence-electron chi connectivity index (χ4n) is 1.60. The van der Waals surface area contributed by atoms with Gasteiger partial charge in [-0.15, -0.1) is 0 Å². The van der Waals surface area contributed by atoms with Crippen molar-refractivity contribution in [3.63, 3.8) is 0 Å². The van der Waals surface area contributed by atoms with Gasteiger partial charge in [0, 0.05) is 0 Å².